The van der Waals surface area contributed by atoms with Crippen molar-refractivity contribution >= 4 is 11.8 Å². The highest BCUT2D eigenvalue weighted by Crippen LogP contribution is 2.16. The first-order chi connectivity index (χ1) is 6.01. The Labute approximate surface area is 80.5 Å². The van der Waals surface area contributed by atoms with Crippen LogP contribution in [0, 0.1) is 0 Å². The smallest absolute Gasteiger partial charge is 0.0350 e. The zero-order valence-corrected chi connectivity index (χ0v) is 8.59. The van der Waals surface area contributed by atoms with Gasteiger partial charge in [-0.2, -0.15) is 0 Å². The van der Waals surface area contributed by atoms with E-state index in [1.54, 1.807) is 0 Å². The highest BCUT2D eigenvalue weighted by Gasteiger charge is 2.08. The van der Waals surface area contributed by atoms with Crippen molar-refractivity contribution < 1.29 is 0 Å². The molecule has 1 nitrogen and oxygen atoms in total. The quantitative estimate of drug-likeness (QED) is 0.725. The number of nitrogens with one attached hydrogen (secondary N) is 1. The van der Waals surface area contributed by atoms with Crippen molar-refractivity contribution in [2.45, 2.75) is 26.3 Å². The number of anilines is 1. The first-order valence-corrected chi connectivity index (χ1v) is 4.52. The summed E-state index contributed by atoms with van der Waals surface area (Å²) in [6.45, 7) is 10.2. The zero-order valence-electron chi connectivity index (χ0n) is 8.59. The molecule has 0 saturated heterocycles. The van der Waals surface area contributed by atoms with Crippen molar-refractivity contribution in [3.63, 3.8) is 0 Å². The Bertz CT molecular complexity index is 294. The molecule has 1 aromatic rings. The number of hydrogen-bond acceptors (Lipinski definition) is 1. The number of rotatable bonds is 2. The largest absolute Gasteiger partial charge is 0.380 e. The standard InChI is InChI=1S/C12H17N/c1-5-10-7-6-8-11(9-10)13-12(2,3)4/h5-9,13H,1H2,2-4H3. The third kappa shape index (κ3) is 3.32. The van der Waals surface area contributed by atoms with Crippen molar-refractivity contribution in [3.8, 4) is 0 Å². The molecule has 0 unspecified atom stereocenters. The minimum absolute atomic E-state index is 0.111. The van der Waals surface area contributed by atoms with Crippen LogP contribution in [0.25, 0.3) is 6.08 Å². The van der Waals surface area contributed by atoms with E-state index in [1.807, 2.05) is 18.2 Å². The lowest BCUT2D eigenvalue weighted by Gasteiger charge is -2.22. The van der Waals surface area contributed by atoms with Gasteiger partial charge in [0.15, 0.2) is 0 Å². The van der Waals surface area contributed by atoms with Gasteiger partial charge in [0.1, 0.15) is 0 Å². The molecule has 0 fully saturated rings. The molecule has 1 aromatic carbocycles. The predicted molar refractivity (Wildman–Crippen MR) is 59.9 cm³/mol. The first kappa shape index (κ1) is 9.85. The molecular weight excluding hydrogens is 158 g/mol. The van der Waals surface area contributed by atoms with Crippen molar-refractivity contribution in [2.24, 2.45) is 0 Å². The Hall–Kier alpha value is -1.24. The predicted octanol–water partition coefficient (Wildman–Crippen LogP) is 3.54. The van der Waals surface area contributed by atoms with Crippen LogP contribution in [0.5, 0.6) is 0 Å². The van der Waals surface area contributed by atoms with E-state index < -0.39 is 0 Å². The summed E-state index contributed by atoms with van der Waals surface area (Å²) in [5.41, 5.74) is 2.40. The normalized spacial score (nSPS) is 11.0. The van der Waals surface area contributed by atoms with Gasteiger partial charge >= 0.3 is 0 Å². The van der Waals surface area contributed by atoms with Crippen LogP contribution >= 0.6 is 0 Å². The number of benzene rings is 1. The summed E-state index contributed by atoms with van der Waals surface area (Å²) in [7, 11) is 0. The minimum atomic E-state index is 0.111. The topological polar surface area (TPSA) is 12.0 Å². The van der Waals surface area contributed by atoms with Gasteiger partial charge in [-0.05, 0) is 38.5 Å². The molecular formula is C12H17N. The molecule has 13 heavy (non-hydrogen) atoms. The molecule has 0 amide bonds. The number of hydrogen-bond donors (Lipinski definition) is 1. The molecule has 1 rings (SSSR count). The molecule has 0 saturated carbocycles. The Morgan fingerprint density at radius 3 is 2.54 bits per heavy atom. The van der Waals surface area contributed by atoms with Crippen molar-refractivity contribution in [3.05, 3.63) is 36.4 Å². The second-order valence-electron chi connectivity index (χ2n) is 4.20. The van der Waals surface area contributed by atoms with E-state index in [9.17, 15) is 0 Å². The van der Waals surface area contributed by atoms with E-state index in [0.717, 1.165) is 11.3 Å². The Morgan fingerprint density at radius 2 is 2.00 bits per heavy atom. The third-order valence-corrected chi connectivity index (χ3v) is 1.64. The van der Waals surface area contributed by atoms with Gasteiger partial charge in [0, 0.05) is 11.2 Å². The van der Waals surface area contributed by atoms with Gasteiger partial charge in [0.2, 0.25) is 0 Å². The van der Waals surface area contributed by atoms with Crippen molar-refractivity contribution in [1.82, 2.24) is 0 Å². The fourth-order valence-corrected chi connectivity index (χ4v) is 1.18. The van der Waals surface area contributed by atoms with Gasteiger partial charge in [-0.15, -0.1) is 0 Å². The zero-order chi connectivity index (χ0) is 9.90. The van der Waals surface area contributed by atoms with Gasteiger partial charge in [0.25, 0.3) is 0 Å². The highest BCUT2D eigenvalue weighted by molar-refractivity contribution is 5.56. The molecule has 0 atom stereocenters. The van der Waals surface area contributed by atoms with Crippen molar-refractivity contribution in [2.75, 3.05) is 5.32 Å². The van der Waals surface area contributed by atoms with E-state index in [-0.39, 0.29) is 5.54 Å². The molecule has 0 heterocycles. The second-order valence-corrected chi connectivity index (χ2v) is 4.20. The molecule has 1 N–H and O–H groups in total. The lowest BCUT2D eigenvalue weighted by Crippen LogP contribution is -2.25. The summed E-state index contributed by atoms with van der Waals surface area (Å²) in [6.07, 6.45) is 1.86. The second kappa shape index (κ2) is 3.65. The van der Waals surface area contributed by atoms with Crippen LogP contribution in [-0.4, -0.2) is 5.54 Å². The molecule has 0 aliphatic carbocycles. The Balaban J connectivity index is 2.84. The fraction of sp³-hybridized carbons (Fsp3) is 0.333. The van der Waals surface area contributed by atoms with Gasteiger partial charge in [-0.3, -0.25) is 0 Å². The van der Waals surface area contributed by atoms with Crippen molar-refractivity contribution in [1.29, 1.82) is 0 Å². The third-order valence-electron chi connectivity index (χ3n) is 1.64. The summed E-state index contributed by atoms with van der Waals surface area (Å²) < 4.78 is 0. The van der Waals surface area contributed by atoms with E-state index >= 15 is 0 Å². The minimum Gasteiger partial charge on any atom is -0.380 e. The maximum absolute atomic E-state index is 3.74. The lowest BCUT2D eigenvalue weighted by molar-refractivity contribution is 0.634. The van der Waals surface area contributed by atoms with E-state index in [0.29, 0.717) is 0 Å². The Morgan fingerprint density at radius 1 is 1.31 bits per heavy atom. The van der Waals surface area contributed by atoms with Crippen LogP contribution in [0.4, 0.5) is 5.69 Å². The average Bonchev–Trinajstić information content (AvgIpc) is 2.01. The van der Waals surface area contributed by atoms with E-state index in [2.05, 4.69) is 44.8 Å². The lowest BCUT2D eigenvalue weighted by atomic mass is 10.1. The molecule has 0 spiro atoms. The fourth-order valence-electron chi connectivity index (χ4n) is 1.18. The molecule has 1 heteroatoms. The summed E-state index contributed by atoms with van der Waals surface area (Å²) >= 11 is 0. The Kier molecular flexibility index (Phi) is 2.76. The molecule has 0 radical (unpaired) electrons. The summed E-state index contributed by atoms with van der Waals surface area (Å²) in [5, 5.41) is 3.41. The van der Waals surface area contributed by atoms with E-state index in [4.69, 9.17) is 0 Å². The monoisotopic (exact) mass is 175 g/mol. The van der Waals surface area contributed by atoms with Crippen LogP contribution in [0.3, 0.4) is 0 Å². The summed E-state index contributed by atoms with van der Waals surface area (Å²) in [4.78, 5) is 0. The van der Waals surface area contributed by atoms with Crippen LogP contribution in [0.15, 0.2) is 30.8 Å². The van der Waals surface area contributed by atoms with Gasteiger partial charge < -0.3 is 5.32 Å². The SMILES string of the molecule is C=Cc1cccc(NC(C)(C)C)c1. The first-order valence-electron chi connectivity index (χ1n) is 4.52. The maximum atomic E-state index is 3.74. The summed E-state index contributed by atoms with van der Waals surface area (Å²) in [6, 6.07) is 8.24. The maximum Gasteiger partial charge on any atom is 0.0350 e. The van der Waals surface area contributed by atoms with Gasteiger partial charge in [-0.1, -0.05) is 24.8 Å². The highest BCUT2D eigenvalue weighted by atomic mass is 14.9. The molecule has 0 aliphatic rings. The molecule has 0 bridgehead atoms. The molecule has 70 valence electrons. The van der Waals surface area contributed by atoms with Gasteiger partial charge in [0.05, 0.1) is 0 Å². The molecule has 0 aromatic heterocycles. The average molecular weight is 175 g/mol. The van der Waals surface area contributed by atoms with E-state index in [1.165, 1.54) is 0 Å². The van der Waals surface area contributed by atoms with Crippen LogP contribution in [0.2, 0.25) is 0 Å². The van der Waals surface area contributed by atoms with Crippen LogP contribution < -0.4 is 5.32 Å². The van der Waals surface area contributed by atoms with Crippen LogP contribution in [0.1, 0.15) is 26.3 Å². The van der Waals surface area contributed by atoms with Crippen LogP contribution in [-0.2, 0) is 0 Å². The molecule has 0 aliphatic heterocycles. The van der Waals surface area contributed by atoms with Gasteiger partial charge in [-0.25, -0.2) is 0 Å². The summed E-state index contributed by atoms with van der Waals surface area (Å²) in [5.74, 6) is 0.